The second-order valence-corrected chi connectivity index (χ2v) is 7.43. The van der Waals surface area contributed by atoms with Crippen molar-refractivity contribution in [1.82, 2.24) is 24.8 Å². The van der Waals surface area contributed by atoms with E-state index in [-0.39, 0.29) is 46.5 Å². The molecule has 4 aromatic rings. The lowest BCUT2D eigenvalue weighted by molar-refractivity contribution is -0.137. The second-order valence-electron chi connectivity index (χ2n) is 7.43. The number of amides is 1. The highest BCUT2D eigenvalue weighted by Gasteiger charge is 2.34. The van der Waals surface area contributed by atoms with Crippen molar-refractivity contribution in [2.24, 2.45) is 0 Å². The van der Waals surface area contributed by atoms with Gasteiger partial charge in [-0.1, -0.05) is 18.2 Å². The molecule has 10 nitrogen and oxygen atoms in total. The van der Waals surface area contributed by atoms with Gasteiger partial charge in [0.25, 0.3) is 5.91 Å². The molecule has 1 amide bonds. The van der Waals surface area contributed by atoms with E-state index in [4.69, 9.17) is 9.84 Å². The maximum absolute atomic E-state index is 13.7. The Morgan fingerprint density at radius 1 is 1.23 bits per heavy atom. The summed E-state index contributed by atoms with van der Waals surface area (Å²) < 4.78 is 47.7. The highest BCUT2D eigenvalue weighted by Crippen LogP contribution is 2.37. The SMILES string of the molecule is Cc1nc2c(OCC(O)CO)cc(-c3ccccc3C(F)(F)F)nn2c1C(=O)Nc1cccnn1. The average Bonchev–Trinajstić information content (AvgIpc) is 3.18. The Balaban J connectivity index is 1.89. The van der Waals surface area contributed by atoms with Gasteiger partial charge >= 0.3 is 6.18 Å². The monoisotopic (exact) mass is 488 g/mol. The minimum absolute atomic E-state index is 0.0326. The van der Waals surface area contributed by atoms with Crippen LogP contribution < -0.4 is 10.1 Å². The average molecular weight is 488 g/mol. The zero-order valence-electron chi connectivity index (χ0n) is 18.2. The molecule has 3 heterocycles. The van der Waals surface area contributed by atoms with E-state index in [1.165, 1.54) is 43.5 Å². The fourth-order valence-electron chi connectivity index (χ4n) is 3.33. The number of hydrogen-bond acceptors (Lipinski definition) is 8. The van der Waals surface area contributed by atoms with Gasteiger partial charge in [-0.3, -0.25) is 4.79 Å². The molecule has 1 unspecified atom stereocenters. The minimum Gasteiger partial charge on any atom is -0.487 e. The zero-order chi connectivity index (χ0) is 25.2. The van der Waals surface area contributed by atoms with E-state index in [0.717, 1.165) is 10.6 Å². The van der Waals surface area contributed by atoms with Crippen molar-refractivity contribution in [3.8, 4) is 17.0 Å². The number of imidazole rings is 1. The van der Waals surface area contributed by atoms with Crippen molar-refractivity contribution in [3.63, 3.8) is 0 Å². The van der Waals surface area contributed by atoms with Crippen LogP contribution >= 0.6 is 0 Å². The maximum Gasteiger partial charge on any atom is 0.417 e. The maximum atomic E-state index is 13.7. The number of aryl methyl sites for hydroxylation is 1. The molecule has 0 bridgehead atoms. The third-order valence-electron chi connectivity index (χ3n) is 4.90. The number of ether oxygens (including phenoxy) is 1. The van der Waals surface area contributed by atoms with Gasteiger partial charge in [0, 0.05) is 17.8 Å². The van der Waals surface area contributed by atoms with Gasteiger partial charge in [0.05, 0.1) is 23.6 Å². The molecule has 0 aliphatic carbocycles. The number of nitrogens with zero attached hydrogens (tertiary/aromatic N) is 5. The topological polar surface area (TPSA) is 135 Å². The first-order chi connectivity index (χ1) is 16.7. The third kappa shape index (κ3) is 5.05. The summed E-state index contributed by atoms with van der Waals surface area (Å²) in [4.78, 5) is 17.3. The molecule has 0 radical (unpaired) electrons. The second kappa shape index (κ2) is 9.64. The van der Waals surface area contributed by atoms with Crippen molar-refractivity contribution in [3.05, 3.63) is 65.6 Å². The van der Waals surface area contributed by atoms with Gasteiger partial charge in [-0.2, -0.15) is 23.4 Å². The van der Waals surface area contributed by atoms with E-state index in [2.05, 4.69) is 25.6 Å². The Bertz CT molecular complexity index is 1360. The number of hydrogen-bond donors (Lipinski definition) is 3. The van der Waals surface area contributed by atoms with Gasteiger partial charge in [-0.05, 0) is 25.1 Å². The number of carbonyl (C=O) groups excluding carboxylic acids is 1. The van der Waals surface area contributed by atoms with Gasteiger partial charge in [0.15, 0.2) is 22.9 Å². The number of anilines is 1. The van der Waals surface area contributed by atoms with E-state index in [1.54, 1.807) is 6.07 Å². The van der Waals surface area contributed by atoms with Crippen molar-refractivity contribution < 1.29 is 32.9 Å². The number of fused-ring (bicyclic) bond motifs is 1. The summed E-state index contributed by atoms with van der Waals surface area (Å²) in [5.41, 5.74) is -1.15. The lowest BCUT2D eigenvalue weighted by Gasteiger charge is -2.15. The number of halogens is 3. The van der Waals surface area contributed by atoms with E-state index in [1.807, 2.05) is 0 Å². The van der Waals surface area contributed by atoms with E-state index in [9.17, 15) is 23.1 Å². The summed E-state index contributed by atoms with van der Waals surface area (Å²) in [6, 6.07) is 9.14. The van der Waals surface area contributed by atoms with Crippen LogP contribution in [-0.4, -0.2) is 60.2 Å². The molecule has 3 aromatic heterocycles. The van der Waals surface area contributed by atoms with Crippen molar-refractivity contribution in [2.75, 3.05) is 18.5 Å². The first-order valence-electron chi connectivity index (χ1n) is 10.3. The fourth-order valence-corrected chi connectivity index (χ4v) is 3.33. The Morgan fingerprint density at radius 2 is 2.00 bits per heavy atom. The first-order valence-corrected chi connectivity index (χ1v) is 10.3. The van der Waals surface area contributed by atoms with Gasteiger partial charge < -0.3 is 20.3 Å². The van der Waals surface area contributed by atoms with E-state index >= 15 is 0 Å². The molecule has 0 fully saturated rings. The third-order valence-corrected chi connectivity index (χ3v) is 4.90. The molecule has 182 valence electrons. The molecule has 4 rings (SSSR count). The smallest absolute Gasteiger partial charge is 0.417 e. The standard InChI is InChI=1S/C22H19F3N6O4/c1-12-19(21(34)28-18-7-4-8-26-29-18)31-20(27-12)17(35-11-13(33)10-32)9-16(30-31)14-5-2-3-6-15(14)22(23,24)25/h2-9,13,32-33H,10-11H2,1H3,(H,28,29,34). The predicted molar refractivity (Wildman–Crippen MR) is 117 cm³/mol. The molecule has 0 aliphatic rings. The Labute approximate surface area is 196 Å². The molecule has 13 heteroatoms. The number of carbonyl (C=O) groups is 1. The highest BCUT2D eigenvalue weighted by atomic mass is 19.4. The summed E-state index contributed by atoms with van der Waals surface area (Å²) in [6.45, 7) is 0.559. The quantitative estimate of drug-likeness (QED) is 0.361. The van der Waals surface area contributed by atoms with Crippen LogP contribution in [0.5, 0.6) is 5.75 Å². The predicted octanol–water partition coefficient (Wildman–Crippen LogP) is 2.50. The molecule has 0 aliphatic heterocycles. The normalized spacial score (nSPS) is 12.5. The molecule has 0 saturated heterocycles. The van der Waals surface area contributed by atoms with Crippen molar-refractivity contribution in [2.45, 2.75) is 19.2 Å². The van der Waals surface area contributed by atoms with Crippen molar-refractivity contribution in [1.29, 1.82) is 0 Å². The van der Waals surface area contributed by atoms with Gasteiger partial charge in [-0.25, -0.2) is 9.50 Å². The van der Waals surface area contributed by atoms with Crippen LogP contribution in [0.25, 0.3) is 16.9 Å². The fraction of sp³-hybridized carbons (Fsp3) is 0.227. The highest BCUT2D eigenvalue weighted by molar-refractivity contribution is 6.04. The first kappa shape index (κ1) is 24.0. The Kier molecular flexibility index (Phi) is 6.62. The van der Waals surface area contributed by atoms with E-state index in [0.29, 0.717) is 0 Å². The van der Waals surface area contributed by atoms with Gasteiger partial charge in [0.2, 0.25) is 0 Å². The van der Waals surface area contributed by atoms with Crippen LogP contribution in [0.1, 0.15) is 21.7 Å². The lowest BCUT2D eigenvalue weighted by Crippen LogP contribution is -2.22. The number of aliphatic hydroxyl groups excluding tert-OH is 2. The summed E-state index contributed by atoms with van der Waals surface area (Å²) in [6.07, 6.45) is -4.49. The van der Waals surface area contributed by atoms with Gasteiger partial charge in [0.1, 0.15) is 12.7 Å². The number of rotatable bonds is 7. The van der Waals surface area contributed by atoms with Crippen molar-refractivity contribution >= 4 is 17.4 Å². The molecule has 0 saturated carbocycles. The molecule has 0 spiro atoms. The molecule has 1 aromatic carbocycles. The Morgan fingerprint density at radius 3 is 2.69 bits per heavy atom. The number of alkyl halides is 3. The zero-order valence-corrected chi connectivity index (χ0v) is 18.2. The molecule has 35 heavy (non-hydrogen) atoms. The molecule has 1 atom stereocenters. The molecular weight excluding hydrogens is 469 g/mol. The number of nitrogens with one attached hydrogen (secondary N) is 1. The van der Waals surface area contributed by atoms with Crippen LogP contribution in [0.15, 0.2) is 48.7 Å². The number of aliphatic hydroxyl groups is 2. The van der Waals surface area contributed by atoms with Gasteiger partial charge in [-0.15, -0.1) is 5.10 Å². The van der Waals surface area contributed by atoms with Crippen LogP contribution in [0.2, 0.25) is 0 Å². The summed E-state index contributed by atoms with van der Waals surface area (Å²) in [5.74, 6) is -0.570. The largest absolute Gasteiger partial charge is 0.487 e. The number of benzene rings is 1. The number of aromatic nitrogens is 5. The van der Waals surface area contributed by atoms with Crippen LogP contribution in [0, 0.1) is 6.92 Å². The molecular formula is C22H19F3N6O4. The summed E-state index contributed by atoms with van der Waals surface area (Å²) in [7, 11) is 0. The lowest BCUT2D eigenvalue weighted by atomic mass is 10.0. The van der Waals surface area contributed by atoms with E-state index < -0.39 is 30.4 Å². The summed E-state index contributed by atoms with van der Waals surface area (Å²) in [5, 5.41) is 33.1. The van der Waals surface area contributed by atoms with Crippen LogP contribution in [0.3, 0.4) is 0 Å². The van der Waals surface area contributed by atoms with Crippen LogP contribution in [-0.2, 0) is 6.18 Å². The minimum atomic E-state index is -4.67. The molecule has 3 N–H and O–H groups in total. The Hall–Kier alpha value is -4.10. The van der Waals surface area contributed by atoms with Crippen LogP contribution in [0.4, 0.5) is 19.0 Å². The summed E-state index contributed by atoms with van der Waals surface area (Å²) >= 11 is 0.